The first-order chi connectivity index (χ1) is 9.37. The van der Waals surface area contributed by atoms with Gasteiger partial charge in [0.2, 0.25) is 10.0 Å². The zero-order valence-corrected chi connectivity index (χ0v) is 13.3. The number of rotatable bonds is 3. The molecule has 0 radical (unpaired) electrons. The number of hydrogen-bond acceptors (Lipinski definition) is 5. The van der Waals surface area contributed by atoms with E-state index in [4.69, 9.17) is 5.73 Å². The second-order valence-corrected chi connectivity index (χ2v) is 7.25. The molecule has 20 heavy (non-hydrogen) atoms. The Labute approximate surface area is 126 Å². The number of carbonyl (C=O) groups excluding carboxylic acids is 1. The van der Waals surface area contributed by atoms with Gasteiger partial charge >= 0.3 is 5.97 Å². The van der Waals surface area contributed by atoms with Crippen LogP contribution in [0.1, 0.15) is 12.8 Å². The molecule has 1 fully saturated rings. The van der Waals surface area contributed by atoms with Crippen LogP contribution in [0, 0.1) is 0 Å². The third kappa shape index (κ3) is 2.68. The van der Waals surface area contributed by atoms with Crippen molar-refractivity contribution in [3.05, 3.63) is 22.7 Å². The number of methoxy groups -OCH3 is 1. The maximum atomic E-state index is 12.7. The lowest BCUT2D eigenvalue weighted by Gasteiger charge is -2.22. The first kappa shape index (κ1) is 15.3. The Hall–Kier alpha value is -1.12. The number of nitrogens with zero attached hydrogens (tertiary/aromatic N) is 1. The fourth-order valence-electron chi connectivity index (χ4n) is 2.26. The van der Waals surface area contributed by atoms with Gasteiger partial charge in [0.15, 0.2) is 0 Å². The van der Waals surface area contributed by atoms with E-state index < -0.39 is 22.0 Å². The number of nitrogens with two attached hydrogens (primary N) is 1. The predicted molar refractivity (Wildman–Crippen MR) is 77.5 cm³/mol. The number of esters is 1. The molecule has 1 aromatic rings. The van der Waals surface area contributed by atoms with Gasteiger partial charge in [0.1, 0.15) is 10.9 Å². The van der Waals surface area contributed by atoms with Crippen molar-refractivity contribution >= 4 is 37.6 Å². The molecule has 1 atom stereocenters. The highest BCUT2D eigenvalue weighted by atomic mass is 79.9. The molecule has 1 heterocycles. The van der Waals surface area contributed by atoms with Crippen LogP contribution >= 0.6 is 15.9 Å². The molecule has 1 unspecified atom stereocenters. The van der Waals surface area contributed by atoms with Crippen molar-refractivity contribution in [2.24, 2.45) is 0 Å². The summed E-state index contributed by atoms with van der Waals surface area (Å²) >= 11 is 3.22. The number of benzene rings is 1. The Morgan fingerprint density at radius 1 is 1.50 bits per heavy atom. The van der Waals surface area contributed by atoms with Crippen LogP contribution in [0.5, 0.6) is 0 Å². The molecule has 6 nitrogen and oxygen atoms in total. The zero-order valence-electron chi connectivity index (χ0n) is 10.9. The van der Waals surface area contributed by atoms with Gasteiger partial charge in [0.05, 0.1) is 12.8 Å². The standard InChI is InChI=1S/C12H15BrN2O4S/c1-19-12(16)10-3-2-6-15(10)20(17,18)11-7-8(13)4-5-9(11)14/h4-5,7,10H,2-3,6,14H2,1H3. The summed E-state index contributed by atoms with van der Waals surface area (Å²) in [5.41, 5.74) is 5.91. The second kappa shape index (κ2) is 5.71. The highest BCUT2D eigenvalue weighted by Crippen LogP contribution is 2.31. The molecule has 2 rings (SSSR count). The van der Waals surface area contributed by atoms with Crippen molar-refractivity contribution in [3.63, 3.8) is 0 Å². The van der Waals surface area contributed by atoms with Gasteiger partial charge in [-0.15, -0.1) is 0 Å². The summed E-state index contributed by atoms with van der Waals surface area (Å²) in [6.07, 6.45) is 1.08. The number of hydrogen-bond donors (Lipinski definition) is 1. The molecular formula is C12H15BrN2O4S. The van der Waals surface area contributed by atoms with Crippen LogP contribution in [-0.4, -0.2) is 38.4 Å². The van der Waals surface area contributed by atoms with Crippen molar-refractivity contribution in [1.82, 2.24) is 4.31 Å². The number of halogens is 1. The molecule has 0 spiro atoms. The van der Waals surface area contributed by atoms with Gasteiger partial charge in [0, 0.05) is 11.0 Å². The van der Waals surface area contributed by atoms with E-state index >= 15 is 0 Å². The number of anilines is 1. The number of nitrogen functional groups attached to an aromatic ring is 1. The van der Waals surface area contributed by atoms with E-state index in [0.717, 1.165) is 4.31 Å². The minimum absolute atomic E-state index is 0.00248. The average molecular weight is 363 g/mol. The molecule has 2 N–H and O–H groups in total. The Bertz CT molecular complexity index is 632. The summed E-state index contributed by atoms with van der Waals surface area (Å²) in [5.74, 6) is -0.542. The van der Waals surface area contributed by atoms with Gasteiger partial charge in [0.25, 0.3) is 0 Å². The van der Waals surface area contributed by atoms with E-state index in [-0.39, 0.29) is 17.1 Å². The topological polar surface area (TPSA) is 89.7 Å². The summed E-state index contributed by atoms with van der Waals surface area (Å²) in [6.45, 7) is 0.286. The molecule has 8 heteroatoms. The first-order valence-corrected chi connectivity index (χ1v) is 8.26. The molecule has 1 aliphatic rings. The molecular weight excluding hydrogens is 348 g/mol. The third-order valence-electron chi connectivity index (χ3n) is 3.24. The SMILES string of the molecule is COC(=O)C1CCCN1S(=O)(=O)c1cc(Br)ccc1N. The van der Waals surface area contributed by atoms with E-state index in [2.05, 4.69) is 20.7 Å². The van der Waals surface area contributed by atoms with Crippen LogP contribution in [0.4, 0.5) is 5.69 Å². The van der Waals surface area contributed by atoms with Crippen molar-refractivity contribution < 1.29 is 17.9 Å². The van der Waals surface area contributed by atoms with E-state index in [0.29, 0.717) is 17.3 Å². The third-order valence-corrected chi connectivity index (χ3v) is 5.70. The second-order valence-electron chi connectivity index (χ2n) is 4.48. The summed E-state index contributed by atoms with van der Waals surface area (Å²) in [7, 11) is -2.57. The molecule has 1 aliphatic heterocycles. The lowest BCUT2D eigenvalue weighted by Crippen LogP contribution is -2.41. The Morgan fingerprint density at radius 3 is 2.85 bits per heavy atom. The van der Waals surface area contributed by atoms with Crippen LogP contribution in [0.3, 0.4) is 0 Å². The predicted octanol–water partition coefficient (Wildman–Crippen LogP) is 1.36. The van der Waals surface area contributed by atoms with Gasteiger partial charge < -0.3 is 10.5 Å². The highest BCUT2D eigenvalue weighted by molar-refractivity contribution is 9.10. The molecule has 1 saturated heterocycles. The summed E-state index contributed by atoms with van der Waals surface area (Å²) in [5, 5.41) is 0. The number of sulfonamides is 1. The van der Waals surface area contributed by atoms with Crippen molar-refractivity contribution in [3.8, 4) is 0 Å². The number of ether oxygens (including phenoxy) is 1. The fourth-order valence-corrected chi connectivity index (χ4v) is 4.56. The van der Waals surface area contributed by atoms with Crippen LogP contribution in [0.25, 0.3) is 0 Å². The van der Waals surface area contributed by atoms with Crippen LogP contribution < -0.4 is 5.73 Å². The average Bonchev–Trinajstić information content (AvgIpc) is 2.90. The van der Waals surface area contributed by atoms with Gasteiger partial charge in [-0.25, -0.2) is 8.42 Å². The number of carbonyl (C=O) groups is 1. The maximum Gasteiger partial charge on any atom is 0.324 e. The summed E-state index contributed by atoms with van der Waals surface area (Å²) < 4.78 is 31.7. The molecule has 110 valence electrons. The van der Waals surface area contributed by atoms with Crippen LogP contribution in [0.15, 0.2) is 27.6 Å². The van der Waals surface area contributed by atoms with E-state index in [9.17, 15) is 13.2 Å². The summed E-state index contributed by atoms with van der Waals surface area (Å²) in [4.78, 5) is 11.7. The zero-order chi connectivity index (χ0) is 14.9. The van der Waals surface area contributed by atoms with Crippen LogP contribution in [0.2, 0.25) is 0 Å². The smallest absolute Gasteiger partial charge is 0.324 e. The Kier molecular flexibility index (Phi) is 4.36. The van der Waals surface area contributed by atoms with Crippen molar-refractivity contribution in [2.75, 3.05) is 19.4 Å². The van der Waals surface area contributed by atoms with E-state index in [1.807, 2.05) is 0 Å². The molecule has 0 amide bonds. The normalized spacial score (nSPS) is 20.0. The Morgan fingerprint density at radius 2 is 2.20 bits per heavy atom. The minimum Gasteiger partial charge on any atom is -0.468 e. The van der Waals surface area contributed by atoms with E-state index in [1.54, 1.807) is 6.07 Å². The molecule has 0 bridgehead atoms. The van der Waals surface area contributed by atoms with Crippen molar-refractivity contribution in [1.29, 1.82) is 0 Å². The van der Waals surface area contributed by atoms with Crippen molar-refractivity contribution in [2.45, 2.75) is 23.8 Å². The lowest BCUT2D eigenvalue weighted by atomic mass is 10.2. The summed E-state index contributed by atoms with van der Waals surface area (Å²) in [6, 6.07) is 3.84. The minimum atomic E-state index is -3.82. The quantitative estimate of drug-likeness (QED) is 0.647. The Balaban J connectivity index is 2.44. The van der Waals surface area contributed by atoms with Gasteiger partial charge in [-0.2, -0.15) is 4.31 Å². The molecule has 0 aliphatic carbocycles. The molecule has 0 aromatic heterocycles. The first-order valence-electron chi connectivity index (χ1n) is 6.02. The maximum absolute atomic E-state index is 12.7. The molecule has 0 saturated carbocycles. The van der Waals surface area contributed by atoms with Crippen LogP contribution in [-0.2, 0) is 19.6 Å². The largest absolute Gasteiger partial charge is 0.468 e. The monoisotopic (exact) mass is 362 g/mol. The van der Waals surface area contributed by atoms with E-state index in [1.165, 1.54) is 19.2 Å². The van der Waals surface area contributed by atoms with Gasteiger partial charge in [-0.1, -0.05) is 15.9 Å². The molecule has 1 aromatic carbocycles. The van der Waals surface area contributed by atoms with Gasteiger partial charge in [-0.3, -0.25) is 4.79 Å². The van der Waals surface area contributed by atoms with Gasteiger partial charge in [-0.05, 0) is 31.0 Å². The highest BCUT2D eigenvalue weighted by Gasteiger charge is 2.40. The lowest BCUT2D eigenvalue weighted by molar-refractivity contribution is -0.144. The fraction of sp³-hybridized carbons (Fsp3) is 0.417.